The summed E-state index contributed by atoms with van der Waals surface area (Å²) in [5.74, 6) is -1.45. The van der Waals surface area contributed by atoms with Crippen LogP contribution in [0.3, 0.4) is 0 Å². The van der Waals surface area contributed by atoms with E-state index in [-0.39, 0.29) is 23.0 Å². The monoisotopic (exact) mass is 305 g/mol. The van der Waals surface area contributed by atoms with E-state index in [1.54, 1.807) is 11.3 Å². The number of rotatable bonds is 3. The molecule has 0 saturated heterocycles. The Morgan fingerprint density at radius 3 is 2.90 bits per heavy atom. The van der Waals surface area contributed by atoms with Gasteiger partial charge in [-0.2, -0.15) is 0 Å². The number of benzene rings is 1. The quantitative estimate of drug-likeness (QED) is 0.487. The summed E-state index contributed by atoms with van der Waals surface area (Å²) in [6, 6.07) is 5.12. The zero-order valence-electron chi connectivity index (χ0n) is 11.0. The van der Waals surface area contributed by atoms with Gasteiger partial charge in [-0.15, -0.1) is 11.3 Å². The van der Waals surface area contributed by atoms with Gasteiger partial charge in [0, 0.05) is 16.9 Å². The Balaban J connectivity index is 1.95. The first-order valence-electron chi connectivity index (χ1n) is 6.62. The van der Waals surface area contributed by atoms with Gasteiger partial charge in [0.25, 0.3) is 5.69 Å². The van der Waals surface area contributed by atoms with Crippen molar-refractivity contribution in [3.8, 4) is 0 Å². The Hall–Kier alpha value is -2.08. The minimum atomic E-state index is -0.823. The average Bonchev–Trinajstić information content (AvgIpc) is 2.94. The topological polar surface area (TPSA) is 60.2 Å². The number of ketones is 1. The molecule has 3 rings (SSSR count). The van der Waals surface area contributed by atoms with E-state index in [0.29, 0.717) is 6.42 Å². The van der Waals surface area contributed by atoms with Crippen molar-refractivity contribution in [1.29, 1.82) is 0 Å². The second-order valence-electron chi connectivity index (χ2n) is 5.03. The fourth-order valence-electron chi connectivity index (χ4n) is 2.76. The highest BCUT2D eigenvalue weighted by Crippen LogP contribution is 2.37. The molecule has 0 bridgehead atoms. The van der Waals surface area contributed by atoms with E-state index >= 15 is 0 Å². The van der Waals surface area contributed by atoms with Crippen LogP contribution in [0.15, 0.2) is 29.6 Å². The van der Waals surface area contributed by atoms with E-state index in [1.165, 1.54) is 17.0 Å². The van der Waals surface area contributed by atoms with Gasteiger partial charge in [0.2, 0.25) is 0 Å². The van der Waals surface area contributed by atoms with E-state index in [9.17, 15) is 19.3 Å². The predicted molar refractivity (Wildman–Crippen MR) is 77.4 cm³/mol. The highest BCUT2D eigenvalue weighted by atomic mass is 32.1. The van der Waals surface area contributed by atoms with E-state index in [2.05, 4.69) is 0 Å². The van der Waals surface area contributed by atoms with Crippen molar-refractivity contribution in [2.45, 2.75) is 25.2 Å². The number of Topliss-reactive ketones (excluding diaryl/α,β-unsaturated/α-hetero) is 1. The number of nitrogens with zero attached hydrogens (tertiary/aromatic N) is 1. The third-order valence-electron chi connectivity index (χ3n) is 3.80. The average molecular weight is 305 g/mol. The van der Waals surface area contributed by atoms with Crippen molar-refractivity contribution in [3.05, 3.63) is 61.6 Å². The van der Waals surface area contributed by atoms with Crippen LogP contribution in [0.4, 0.5) is 10.1 Å². The van der Waals surface area contributed by atoms with Crippen molar-refractivity contribution < 1.29 is 14.1 Å². The van der Waals surface area contributed by atoms with Gasteiger partial charge < -0.3 is 0 Å². The van der Waals surface area contributed by atoms with Crippen LogP contribution >= 0.6 is 11.3 Å². The van der Waals surface area contributed by atoms with Crippen LogP contribution in [-0.4, -0.2) is 10.7 Å². The van der Waals surface area contributed by atoms with Crippen molar-refractivity contribution in [2.75, 3.05) is 0 Å². The number of nitro benzene ring substituents is 1. The summed E-state index contributed by atoms with van der Waals surface area (Å²) in [6.45, 7) is 0. The molecule has 0 saturated carbocycles. The fourth-order valence-corrected chi connectivity index (χ4v) is 3.75. The maximum absolute atomic E-state index is 14.0. The number of halogens is 1. The first-order valence-corrected chi connectivity index (χ1v) is 7.50. The number of hydrogen-bond acceptors (Lipinski definition) is 4. The van der Waals surface area contributed by atoms with Crippen LogP contribution < -0.4 is 0 Å². The Labute approximate surface area is 124 Å². The Morgan fingerprint density at radius 1 is 1.38 bits per heavy atom. The third kappa shape index (κ3) is 2.47. The van der Waals surface area contributed by atoms with Crippen LogP contribution in [-0.2, 0) is 6.42 Å². The SMILES string of the molecule is O=C(c1ccc([N+](=O)[O-])cc1F)C1CCCc2sccc21. The summed E-state index contributed by atoms with van der Waals surface area (Å²) in [4.78, 5) is 23.7. The Bertz CT molecular complexity index is 725. The molecule has 0 amide bonds. The molecule has 1 aromatic heterocycles. The van der Waals surface area contributed by atoms with Gasteiger partial charge in [0.1, 0.15) is 5.82 Å². The fraction of sp³-hybridized carbons (Fsp3) is 0.267. The van der Waals surface area contributed by atoms with Gasteiger partial charge >= 0.3 is 0 Å². The summed E-state index contributed by atoms with van der Waals surface area (Å²) in [5.41, 5.74) is 0.572. The van der Waals surface area contributed by atoms with Gasteiger partial charge in [0.15, 0.2) is 5.78 Å². The van der Waals surface area contributed by atoms with Gasteiger partial charge in [-0.1, -0.05) is 0 Å². The molecular formula is C15H12FNO3S. The standard InChI is InChI=1S/C15H12FNO3S/c16-13-8-9(17(19)20)4-5-12(13)15(18)11-2-1-3-14-10(11)6-7-21-14/h4-8,11H,1-3H2. The van der Waals surface area contributed by atoms with Gasteiger partial charge in [0.05, 0.1) is 16.6 Å². The number of fused-ring (bicyclic) bond motifs is 1. The first-order chi connectivity index (χ1) is 10.1. The molecule has 1 aliphatic carbocycles. The number of thiophene rings is 1. The number of hydrogen-bond donors (Lipinski definition) is 0. The molecule has 0 radical (unpaired) electrons. The van der Waals surface area contributed by atoms with Crippen molar-refractivity contribution >= 4 is 22.8 Å². The minimum absolute atomic E-state index is 0.0651. The summed E-state index contributed by atoms with van der Waals surface area (Å²) in [7, 11) is 0. The largest absolute Gasteiger partial charge is 0.293 e. The third-order valence-corrected chi connectivity index (χ3v) is 4.79. The number of carbonyl (C=O) groups excluding carboxylic acids is 1. The van der Waals surface area contributed by atoms with Crippen LogP contribution in [0.25, 0.3) is 0 Å². The molecular weight excluding hydrogens is 293 g/mol. The van der Waals surface area contributed by atoms with Crippen molar-refractivity contribution in [2.24, 2.45) is 0 Å². The van der Waals surface area contributed by atoms with Gasteiger partial charge in [-0.3, -0.25) is 14.9 Å². The zero-order chi connectivity index (χ0) is 15.0. The Kier molecular flexibility index (Phi) is 3.55. The normalized spacial score (nSPS) is 17.3. The smallest absolute Gasteiger partial charge is 0.272 e. The lowest BCUT2D eigenvalue weighted by molar-refractivity contribution is -0.385. The van der Waals surface area contributed by atoms with E-state index in [0.717, 1.165) is 24.5 Å². The molecule has 1 aromatic carbocycles. The lowest BCUT2D eigenvalue weighted by Crippen LogP contribution is -2.18. The first kappa shape index (κ1) is 13.9. The maximum atomic E-state index is 14.0. The van der Waals surface area contributed by atoms with Crippen LogP contribution in [0.1, 0.15) is 39.6 Å². The highest BCUT2D eigenvalue weighted by molar-refractivity contribution is 7.10. The molecule has 1 aliphatic rings. The summed E-state index contributed by atoms with van der Waals surface area (Å²) in [5, 5.41) is 12.6. The predicted octanol–water partition coefficient (Wildman–Crippen LogP) is 4.10. The van der Waals surface area contributed by atoms with Crippen molar-refractivity contribution in [3.63, 3.8) is 0 Å². The summed E-state index contributed by atoms with van der Waals surface area (Å²) >= 11 is 1.62. The lowest BCUT2D eigenvalue weighted by Gasteiger charge is -2.21. The molecule has 1 heterocycles. The zero-order valence-corrected chi connectivity index (χ0v) is 11.9. The van der Waals surface area contributed by atoms with Gasteiger partial charge in [-0.05, 0) is 42.3 Å². The summed E-state index contributed by atoms with van der Waals surface area (Å²) in [6.07, 6.45) is 2.55. The van der Waals surface area contributed by atoms with Crippen molar-refractivity contribution in [1.82, 2.24) is 0 Å². The van der Waals surface area contributed by atoms with Crippen LogP contribution in [0.2, 0.25) is 0 Å². The highest BCUT2D eigenvalue weighted by Gasteiger charge is 2.30. The summed E-state index contributed by atoms with van der Waals surface area (Å²) < 4.78 is 14.0. The van der Waals surface area contributed by atoms with Crippen LogP contribution in [0.5, 0.6) is 0 Å². The second kappa shape index (κ2) is 5.37. The molecule has 21 heavy (non-hydrogen) atoms. The molecule has 2 aromatic rings. The molecule has 4 nitrogen and oxygen atoms in total. The second-order valence-corrected chi connectivity index (χ2v) is 6.03. The molecule has 0 aliphatic heterocycles. The van der Waals surface area contributed by atoms with E-state index in [4.69, 9.17) is 0 Å². The molecule has 0 fully saturated rings. The van der Waals surface area contributed by atoms with Gasteiger partial charge in [-0.25, -0.2) is 4.39 Å². The molecule has 1 atom stereocenters. The number of carbonyl (C=O) groups is 1. The van der Waals surface area contributed by atoms with Crippen LogP contribution in [0, 0.1) is 15.9 Å². The molecule has 1 unspecified atom stereocenters. The lowest BCUT2D eigenvalue weighted by atomic mass is 9.82. The van der Waals surface area contributed by atoms with E-state index in [1.807, 2.05) is 11.4 Å². The molecule has 0 N–H and O–H groups in total. The molecule has 0 spiro atoms. The number of non-ortho nitro benzene ring substituents is 1. The van der Waals surface area contributed by atoms with E-state index < -0.39 is 10.7 Å². The minimum Gasteiger partial charge on any atom is -0.293 e. The Morgan fingerprint density at radius 2 is 2.19 bits per heavy atom. The number of nitro groups is 1. The molecule has 108 valence electrons. The number of aryl methyl sites for hydroxylation is 1. The maximum Gasteiger partial charge on any atom is 0.272 e. The molecule has 6 heteroatoms.